The van der Waals surface area contributed by atoms with Crippen molar-refractivity contribution in [2.75, 3.05) is 13.2 Å². The Balaban J connectivity index is 2.89. The van der Waals surface area contributed by atoms with Crippen LogP contribution in [0.2, 0.25) is 0 Å². The fraction of sp³-hybridized carbons (Fsp3) is 0.545. The second kappa shape index (κ2) is 6.64. The molecule has 0 saturated heterocycles. The van der Waals surface area contributed by atoms with Gasteiger partial charge in [0.2, 0.25) is 5.43 Å². The summed E-state index contributed by atoms with van der Waals surface area (Å²) in [5.74, 6) is 0.399. The summed E-state index contributed by atoms with van der Waals surface area (Å²) < 4.78 is 6.95. The van der Waals surface area contributed by atoms with Crippen LogP contribution in [0.25, 0.3) is 0 Å². The highest BCUT2D eigenvalue weighted by Gasteiger charge is 2.08. The van der Waals surface area contributed by atoms with E-state index in [1.54, 1.807) is 10.8 Å². The van der Waals surface area contributed by atoms with Crippen molar-refractivity contribution in [3.8, 4) is 5.75 Å². The highest BCUT2D eigenvalue weighted by atomic mass is 35.5. The quantitative estimate of drug-likeness (QED) is 0.725. The lowest BCUT2D eigenvalue weighted by Gasteiger charge is -2.13. The van der Waals surface area contributed by atoms with Crippen LogP contribution >= 0.6 is 11.6 Å². The zero-order valence-corrected chi connectivity index (χ0v) is 10.4. The Morgan fingerprint density at radius 1 is 1.59 bits per heavy atom. The Bertz CT molecular complexity index is 418. The standard InChI is InChI=1S/C11H16ClNO4/c1-2-13-5-11(17-7-9(15)6-14)10(16)3-8(13)4-12/h3,5,9,14-15H,2,4,6-7H2,1H3. The lowest BCUT2D eigenvalue weighted by atomic mass is 10.3. The lowest BCUT2D eigenvalue weighted by molar-refractivity contribution is 0.0530. The van der Waals surface area contributed by atoms with Gasteiger partial charge in [0, 0.05) is 18.3 Å². The summed E-state index contributed by atoms with van der Waals surface area (Å²) >= 11 is 5.71. The van der Waals surface area contributed by atoms with Gasteiger partial charge in [-0.15, -0.1) is 11.6 Å². The van der Waals surface area contributed by atoms with E-state index in [1.165, 1.54) is 6.07 Å². The molecule has 0 saturated carbocycles. The summed E-state index contributed by atoms with van der Waals surface area (Å²) in [6, 6.07) is 1.41. The van der Waals surface area contributed by atoms with Crippen molar-refractivity contribution in [1.29, 1.82) is 0 Å². The summed E-state index contributed by atoms with van der Waals surface area (Å²) in [6.45, 7) is 2.07. The molecule has 0 amide bonds. The van der Waals surface area contributed by atoms with Crippen molar-refractivity contribution in [3.05, 3.63) is 28.2 Å². The minimum atomic E-state index is -0.989. The molecule has 0 aliphatic rings. The molecule has 96 valence electrons. The number of aliphatic hydroxyl groups excluding tert-OH is 2. The van der Waals surface area contributed by atoms with E-state index in [4.69, 9.17) is 26.6 Å². The molecule has 6 heteroatoms. The molecule has 17 heavy (non-hydrogen) atoms. The number of hydrogen-bond acceptors (Lipinski definition) is 4. The number of pyridine rings is 1. The van der Waals surface area contributed by atoms with Gasteiger partial charge >= 0.3 is 0 Å². The van der Waals surface area contributed by atoms with Gasteiger partial charge in [-0.25, -0.2) is 0 Å². The third-order valence-corrected chi connectivity index (χ3v) is 2.58. The van der Waals surface area contributed by atoms with E-state index >= 15 is 0 Å². The monoisotopic (exact) mass is 261 g/mol. The number of alkyl halides is 1. The molecule has 1 aromatic heterocycles. The SMILES string of the molecule is CCn1cc(OCC(O)CO)c(=O)cc1CCl. The third-order valence-electron chi connectivity index (χ3n) is 2.30. The van der Waals surface area contributed by atoms with Crippen LogP contribution < -0.4 is 10.2 Å². The van der Waals surface area contributed by atoms with Crippen molar-refractivity contribution in [2.45, 2.75) is 25.5 Å². The van der Waals surface area contributed by atoms with Gasteiger partial charge in [0.05, 0.1) is 18.7 Å². The van der Waals surface area contributed by atoms with E-state index in [0.717, 1.165) is 0 Å². The largest absolute Gasteiger partial charge is 0.485 e. The second-order valence-electron chi connectivity index (χ2n) is 3.56. The van der Waals surface area contributed by atoms with Gasteiger partial charge in [0.25, 0.3) is 0 Å². The summed E-state index contributed by atoms with van der Waals surface area (Å²) in [6.07, 6.45) is 0.571. The van der Waals surface area contributed by atoms with Crippen molar-refractivity contribution in [2.24, 2.45) is 0 Å². The Hall–Kier alpha value is -1.04. The molecule has 5 nitrogen and oxygen atoms in total. The number of hydrogen-bond donors (Lipinski definition) is 2. The van der Waals surface area contributed by atoms with Crippen LogP contribution in [0.1, 0.15) is 12.6 Å². The average molecular weight is 262 g/mol. The number of ether oxygens (including phenoxy) is 1. The van der Waals surface area contributed by atoms with Gasteiger partial charge < -0.3 is 19.5 Å². The Morgan fingerprint density at radius 2 is 2.29 bits per heavy atom. The van der Waals surface area contributed by atoms with E-state index in [1.807, 2.05) is 6.92 Å². The smallest absolute Gasteiger partial charge is 0.223 e. The average Bonchev–Trinajstić information content (AvgIpc) is 2.36. The molecule has 1 aromatic rings. The minimum Gasteiger partial charge on any atom is -0.485 e. The van der Waals surface area contributed by atoms with Crippen LogP contribution in [0.5, 0.6) is 5.75 Å². The van der Waals surface area contributed by atoms with Crippen LogP contribution in [0, 0.1) is 0 Å². The van der Waals surface area contributed by atoms with Crippen molar-refractivity contribution < 1.29 is 14.9 Å². The maximum Gasteiger partial charge on any atom is 0.223 e. The second-order valence-corrected chi connectivity index (χ2v) is 3.83. The molecule has 1 atom stereocenters. The third kappa shape index (κ3) is 3.73. The molecular formula is C11H16ClNO4. The first-order valence-electron chi connectivity index (χ1n) is 5.33. The predicted molar refractivity (Wildman–Crippen MR) is 64.5 cm³/mol. The predicted octanol–water partition coefficient (Wildman–Crippen LogP) is 0.339. The minimum absolute atomic E-state index is 0.115. The zero-order valence-electron chi connectivity index (χ0n) is 9.60. The van der Waals surface area contributed by atoms with E-state index in [0.29, 0.717) is 12.2 Å². The van der Waals surface area contributed by atoms with Gasteiger partial charge in [-0.2, -0.15) is 0 Å². The fourth-order valence-electron chi connectivity index (χ4n) is 1.35. The van der Waals surface area contributed by atoms with Crippen LogP contribution in [0.15, 0.2) is 17.1 Å². The highest BCUT2D eigenvalue weighted by Crippen LogP contribution is 2.09. The molecule has 1 unspecified atom stereocenters. The zero-order chi connectivity index (χ0) is 12.8. The van der Waals surface area contributed by atoms with Crippen LogP contribution in [-0.2, 0) is 12.4 Å². The Kier molecular flexibility index (Phi) is 5.47. The van der Waals surface area contributed by atoms with Crippen molar-refractivity contribution in [1.82, 2.24) is 4.57 Å². The molecule has 0 aliphatic carbocycles. The van der Waals surface area contributed by atoms with E-state index in [2.05, 4.69) is 0 Å². The Labute approximate surface area is 104 Å². The summed E-state index contributed by atoms with van der Waals surface area (Å²) in [5, 5.41) is 17.8. The van der Waals surface area contributed by atoms with E-state index in [9.17, 15) is 4.79 Å². The normalized spacial score (nSPS) is 12.5. The topological polar surface area (TPSA) is 71.7 Å². The number of halogens is 1. The van der Waals surface area contributed by atoms with Crippen LogP contribution in [-0.4, -0.2) is 34.1 Å². The molecule has 0 spiro atoms. The molecule has 2 N–H and O–H groups in total. The first-order chi connectivity index (χ1) is 8.12. The maximum atomic E-state index is 11.6. The molecule has 1 heterocycles. The molecule has 0 fully saturated rings. The van der Waals surface area contributed by atoms with Crippen molar-refractivity contribution in [3.63, 3.8) is 0 Å². The summed E-state index contributed by atoms with van der Waals surface area (Å²) in [4.78, 5) is 11.6. The number of nitrogens with zero attached hydrogens (tertiary/aromatic N) is 1. The van der Waals surface area contributed by atoms with Crippen molar-refractivity contribution >= 4 is 11.6 Å². The molecular weight excluding hydrogens is 246 g/mol. The number of aromatic nitrogens is 1. The molecule has 0 radical (unpaired) electrons. The van der Waals surface area contributed by atoms with Gasteiger partial charge in [0.1, 0.15) is 12.7 Å². The number of aliphatic hydroxyl groups is 2. The molecule has 0 bridgehead atoms. The van der Waals surface area contributed by atoms with Gasteiger partial charge in [-0.1, -0.05) is 0 Å². The molecule has 0 aliphatic heterocycles. The Morgan fingerprint density at radius 3 is 2.82 bits per heavy atom. The summed E-state index contributed by atoms with van der Waals surface area (Å²) in [7, 11) is 0. The maximum absolute atomic E-state index is 11.6. The van der Waals surface area contributed by atoms with Gasteiger partial charge in [-0.3, -0.25) is 4.79 Å². The van der Waals surface area contributed by atoms with E-state index in [-0.39, 0.29) is 23.7 Å². The lowest BCUT2D eigenvalue weighted by Crippen LogP contribution is -2.24. The van der Waals surface area contributed by atoms with Crippen LogP contribution in [0.4, 0.5) is 0 Å². The van der Waals surface area contributed by atoms with Gasteiger partial charge in [-0.05, 0) is 6.92 Å². The first kappa shape index (κ1) is 14.0. The van der Waals surface area contributed by atoms with Gasteiger partial charge in [0.15, 0.2) is 5.75 Å². The summed E-state index contributed by atoms with van der Waals surface area (Å²) in [5.41, 5.74) is 0.435. The molecule has 1 rings (SSSR count). The van der Waals surface area contributed by atoms with Crippen LogP contribution in [0.3, 0.4) is 0 Å². The van der Waals surface area contributed by atoms with E-state index < -0.39 is 12.7 Å². The fourth-order valence-corrected chi connectivity index (χ4v) is 1.58. The highest BCUT2D eigenvalue weighted by molar-refractivity contribution is 6.16. The molecule has 0 aromatic carbocycles. The number of rotatable bonds is 6. The first-order valence-corrected chi connectivity index (χ1v) is 5.86. The number of aryl methyl sites for hydroxylation is 1.